The van der Waals surface area contributed by atoms with Gasteiger partial charge < -0.3 is 0 Å². The van der Waals surface area contributed by atoms with Gasteiger partial charge in [0.2, 0.25) is 0 Å². The largest absolute Gasteiger partial charge is 0.419 e. The summed E-state index contributed by atoms with van der Waals surface area (Å²) in [6, 6.07) is 17.1. The lowest BCUT2D eigenvalue weighted by Crippen LogP contribution is -2.35. The van der Waals surface area contributed by atoms with Crippen LogP contribution in [0.2, 0.25) is 5.02 Å². The average Bonchev–Trinajstić information content (AvgIpc) is 2.88. The summed E-state index contributed by atoms with van der Waals surface area (Å²) in [6.45, 7) is 1.30. The molecule has 1 heterocycles. The second kappa shape index (κ2) is 11.0. The van der Waals surface area contributed by atoms with E-state index < -0.39 is 52.5 Å². The lowest BCUT2D eigenvalue weighted by Gasteiger charge is -2.35. The van der Waals surface area contributed by atoms with Gasteiger partial charge in [-0.25, -0.2) is 4.39 Å². The van der Waals surface area contributed by atoms with Crippen LogP contribution in [0.3, 0.4) is 0 Å². The molecule has 0 N–H and O–H groups in total. The number of nitrogens with zero attached hydrogens (tertiary/aromatic N) is 1. The fourth-order valence-corrected chi connectivity index (χ4v) is 4.83. The van der Waals surface area contributed by atoms with Gasteiger partial charge in [0, 0.05) is 23.6 Å². The molecule has 4 aromatic rings. The third-order valence-electron chi connectivity index (χ3n) is 6.72. The smallest absolute Gasteiger partial charge is 0.294 e. The zero-order chi connectivity index (χ0) is 29.3. The highest BCUT2D eigenvalue weighted by Crippen LogP contribution is 2.43. The molecule has 4 rings (SSSR count). The number of carbonyl (C=O) groups is 1. The van der Waals surface area contributed by atoms with Crippen LogP contribution in [0.4, 0.5) is 30.7 Å². The highest BCUT2D eigenvalue weighted by Gasteiger charge is 2.42. The minimum absolute atomic E-state index is 0.0259. The lowest BCUT2D eigenvalue weighted by atomic mass is 9.68. The minimum Gasteiger partial charge on any atom is -0.294 e. The molecule has 0 fully saturated rings. The Labute approximate surface area is 230 Å². The number of alkyl halides is 6. The fourth-order valence-electron chi connectivity index (χ4n) is 4.72. The summed E-state index contributed by atoms with van der Waals surface area (Å²) in [4.78, 5) is 18.0. The van der Waals surface area contributed by atoms with Gasteiger partial charge in [-0.05, 0) is 66.4 Å². The predicted molar refractivity (Wildman–Crippen MR) is 137 cm³/mol. The number of aromatic nitrogens is 1. The fraction of sp³-hybridized carbons (Fsp3) is 0.200. The molecule has 1 aromatic heterocycles. The van der Waals surface area contributed by atoms with E-state index in [0.29, 0.717) is 17.7 Å². The Kier molecular flexibility index (Phi) is 8.08. The predicted octanol–water partition coefficient (Wildman–Crippen LogP) is 9.02. The van der Waals surface area contributed by atoms with Gasteiger partial charge in [0.15, 0.2) is 5.78 Å². The Morgan fingerprint density at radius 2 is 1.50 bits per heavy atom. The van der Waals surface area contributed by atoms with Crippen LogP contribution in [0.1, 0.15) is 50.3 Å². The summed E-state index contributed by atoms with van der Waals surface area (Å²) in [7, 11) is 0. The number of benzene rings is 3. The Morgan fingerprint density at radius 1 is 0.825 bits per heavy atom. The number of ketones is 1. The van der Waals surface area contributed by atoms with Crippen LogP contribution in [0.5, 0.6) is 0 Å². The Morgan fingerprint density at radius 3 is 2.10 bits per heavy atom. The van der Waals surface area contributed by atoms with Gasteiger partial charge in [-0.2, -0.15) is 26.3 Å². The van der Waals surface area contributed by atoms with Crippen LogP contribution in [-0.2, 0) is 24.2 Å². The third kappa shape index (κ3) is 6.20. The van der Waals surface area contributed by atoms with Crippen molar-refractivity contribution in [1.29, 1.82) is 0 Å². The van der Waals surface area contributed by atoms with E-state index in [-0.39, 0.29) is 28.3 Å². The number of aryl methyl sites for hydroxylation is 1. The Hall–Kier alpha value is -3.72. The van der Waals surface area contributed by atoms with Crippen molar-refractivity contribution >= 4 is 17.4 Å². The van der Waals surface area contributed by atoms with E-state index in [4.69, 9.17) is 11.6 Å². The van der Waals surface area contributed by atoms with Crippen molar-refractivity contribution in [2.45, 2.75) is 37.5 Å². The first kappa shape index (κ1) is 29.3. The van der Waals surface area contributed by atoms with E-state index in [1.807, 2.05) is 0 Å². The monoisotopic (exact) mass is 579 g/mol. The molecule has 2 nitrogen and oxygen atoms in total. The molecule has 0 aliphatic rings. The molecule has 0 saturated carbocycles. The molecule has 3 aromatic carbocycles. The summed E-state index contributed by atoms with van der Waals surface area (Å²) < 4.78 is 96.1. The number of hydrogen-bond donors (Lipinski definition) is 0. The second-order valence-electron chi connectivity index (χ2n) is 9.43. The molecule has 208 valence electrons. The molecule has 1 unspecified atom stereocenters. The second-order valence-corrected chi connectivity index (χ2v) is 9.86. The summed E-state index contributed by atoms with van der Waals surface area (Å²) in [5.41, 5.74) is -3.70. The minimum atomic E-state index is -5.06. The molecular weight excluding hydrogens is 559 g/mol. The van der Waals surface area contributed by atoms with E-state index in [0.717, 1.165) is 12.1 Å². The third-order valence-corrected chi connectivity index (χ3v) is 6.94. The maximum Gasteiger partial charge on any atom is 0.419 e. The average molecular weight is 580 g/mol. The zero-order valence-electron chi connectivity index (χ0n) is 20.9. The highest BCUT2D eigenvalue weighted by molar-refractivity contribution is 6.30. The van der Waals surface area contributed by atoms with Crippen molar-refractivity contribution in [2.75, 3.05) is 0 Å². The maximum absolute atomic E-state index is 14.0. The van der Waals surface area contributed by atoms with E-state index in [1.165, 1.54) is 37.4 Å². The van der Waals surface area contributed by atoms with E-state index in [1.54, 1.807) is 30.3 Å². The van der Waals surface area contributed by atoms with Crippen molar-refractivity contribution in [3.05, 3.63) is 135 Å². The molecule has 0 saturated heterocycles. The number of pyridine rings is 1. The highest BCUT2D eigenvalue weighted by atomic mass is 35.5. The topological polar surface area (TPSA) is 30.0 Å². The van der Waals surface area contributed by atoms with Gasteiger partial charge >= 0.3 is 12.4 Å². The number of Topliss-reactive ketones (excluding diaryl/α,β-unsaturated/α-hetero) is 1. The number of carbonyl (C=O) groups excluding carboxylic acids is 1. The molecule has 10 heteroatoms. The summed E-state index contributed by atoms with van der Waals surface area (Å²) in [6.07, 6.45) is -9.09. The quantitative estimate of drug-likeness (QED) is 0.161. The molecule has 0 spiro atoms. The van der Waals surface area contributed by atoms with Crippen LogP contribution >= 0.6 is 11.6 Å². The number of halogens is 8. The molecule has 1 atom stereocenters. The number of hydrogen-bond acceptors (Lipinski definition) is 2. The molecule has 0 radical (unpaired) electrons. The normalized spacial score (nSPS) is 13.6. The number of rotatable bonds is 7. The van der Waals surface area contributed by atoms with Crippen molar-refractivity contribution in [3.8, 4) is 0 Å². The summed E-state index contributed by atoms with van der Waals surface area (Å²) in [5, 5.41) is 0.233. The lowest BCUT2D eigenvalue weighted by molar-refractivity contribution is -0.140. The van der Waals surface area contributed by atoms with Gasteiger partial charge in [-0.3, -0.25) is 9.78 Å². The SMILES string of the molecule is Cc1ccc(C(CC(=O)c2ccc(F)c(C(F)(F)F)c2)(Cc2ccccc2)c2ccc(Cl)cn2)cc1C(F)(F)F. The molecule has 0 aliphatic heterocycles. The summed E-state index contributed by atoms with van der Waals surface area (Å²) in [5.74, 6) is -2.39. The van der Waals surface area contributed by atoms with Crippen LogP contribution < -0.4 is 0 Å². The van der Waals surface area contributed by atoms with Gasteiger partial charge in [-0.15, -0.1) is 0 Å². The summed E-state index contributed by atoms with van der Waals surface area (Å²) >= 11 is 6.03. The van der Waals surface area contributed by atoms with E-state index in [2.05, 4.69) is 4.98 Å². The van der Waals surface area contributed by atoms with Crippen LogP contribution in [0, 0.1) is 12.7 Å². The van der Waals surface area contributed by atoms with Gasteiger partial charge in [0.05, 0.1) is 21.8 Å². The molecule has 0 bridgehead atoms. The molecule has 40 heavy (non-hydrogen) atoms. The molecule has 0 aliphatic carbocycles. The van der Waals surface area contributed by atoms with Crippen molar-refractivity contribution in [2.24, 2.45) is 0 Å². The zero-order valence-corrected chi connectivity index (χ0v) is 21.6. The van der Waals surface area contributed by atoms with E-state index in [9.17, 15) is 35.5 Å². The standard InChI is InChI=1S/C30H21ClF7NO/c1-18-7-9-21(14-23(18)29(33,34)35)28(15-19-5-3-2-4-6-19,27-12-10-22(31)17-39-27)16-26(40)20-8-11-25(32)24(13-20)30(36,37)38/h2-14,17H,15-16H2,1H3. The maximum atomic E-state index is 14.0. The van der Waals surface area contributed by atoms with Crippen LogP contribution in [-0.4, -0.2) is 10.8 Å². The first-order valence-electron chi connectivity index (χ1n) is 11.9. The molecular formula is C30H21ClF7NO. The first-order valence-corrected chi connectivity index (χ1v) is 12.3. The van der Waals surface area contributed by atoms with Gasteiger partial charge in [0.25, 0.3) is 0 Å². The van der Waals surface area contributed by atoms with E-state index >= 15 is 0 Å². The van der Waals surface area contributed by atoms with Crippen molar-refractivity contribution in [1.82, 2.24) is 4.98 Å². The Bertz CT molecular complexity index is 1520. The van der Waals surface area contributed by atoms with Crippen molar-refractivity contribution < 1.29 is 35.5 Å². The van der Waals surface area contributed by atoms with Gasteiger partial charge in [-0.1, -0.05) is 54.1 Å². The Balaban J connectivity index is 1.97. The first-order chi connectivity index (χ1) is 18.7. The van der Waals surface area contributed by atoms with Gasteiger partial charge in [0.1, 0.15) is 5.82 Å². The van der Waals surface area contributed by atoms with Crippen LogP contribution in [0.15, 0.2) is 85.1 Å². The van der Waals surface area contributed by atoms with Crippen molar-refractivity contribution in [3.63, 3.8) is 0 Å². The molecule has 0 amide bonds. The van der Waals surface area contributed by atoms with Crippen LogP contribution in [0.25, 0.3) is 0 Å².